The molecular weight excluding hydrogens is 1310 g/mol. The molecule has 0 unspecified atom stereocenters. The van der Waals surface area contributed by atoms with Gasteiger partial charge in [-0.3, -0.25) is 0 Å². The van der Waals surface area contributed by atoms with Crippen LogP contribution in [-0.4, -0.2) is 0 Å². The zero-order valence-electron chi connectivity index (χ0n) is 48.4. The molecule has 0 bridgehead atoms. The van der Waals surface area contributed by atoms with E-state index < -0.39 is 49.1 Å². The topological polar surface area (TPSA) is 253 Å². The van der Waals surface area contributed by atoms with E-state index in [1.165, 1.54) is 0 Å². The van der Waals surface area contributed by atoms with E-state index in [2.05, 4.69) is 0 Å². The Kier molecular flexibility index (Phi) is 28.0. The Labute approximate surface area is 545 Å². The fourth-order valence-electron chi connectivity index (χ4n) is 9.44. The van der Waals surface area contributed by atoms with Crippen molar-refractivity contribution in [2.24, 2.45) is 0 Å². The zero-order chi connectivity index (χ0) is 64.4. The molecule has 0 atom stereocenters. The van der Waals surface area contributed by atoms with Crippen LogP contribution < -0.4 is 101 Å². The van der Waals surface area contributed by atoms with Crippen LogP contribution >= 0.6 is 28.6 Å². The Bertz CT molecular complexity index is 3240. The summed E-state index contributed by atoms with van der Waals surface area (Å²) in [6.45, 7) is 0. The van der Waals surface area contributed by atoms with Crippen LogP contribution in [0.2, 0.25) is 0 Å². The summed E-state index contributed by atoms with van der Waals surface area (Å²) in [7, 11) is -21.0. The molecule has 463 valence electrons. The second kappa shape index (κ2) is 35.2. The van der Waals surface area contributed by atoms with Gasteiger partial charge in [0.15, 0.2) is 28.6 Å². The Hall–Kier alpha value is -7.67. The van der Waals surface area contributed by atoms with Crippen molar-refractivity contribution >= 4 is 92.2 Å². The predicted octanol–water partition coefficient (Wildman–Crippen LogP) is 3.79. The van der Waals surface area contributed by atoms with E-state index in [1.54, 1.807) is 0 Å². The summed E-state index contributed by atoms with van der Waals surface area (Å²) in [4.78, 5) is 0. The Morgan fingerprint density at radius 2 is 0.209 bits per heavy atom. The van der Waals surface area contributed by atoms with Crippen molar-refractivity contribution in [3.8, 4) is 0 Å². The van der Waals surface area contributed by atoms with Crippen molar-refractivity contribution < 1.29 is 92.8 Å². The molecule has 12 aromatic carbocycles. The van der Waals surface area contributed by atoms with Crippen molar-refractivity contribution in [3.05, 3.63) is 364 Å². The molecule has 1 radical (unpaired) electrons. The quantitative estimate of drug-likeness (QED) is 0.159. The van der Waals surface area contributed by atoms with Gasteiger partial charge in [-0.25, -0.2) is 37.3 Å². The summed E-state index contributed by atoms with van der Waals surface area (Å²) < 4.78 is 123. The number of rotatable bonds is 12. The Morgan fingerprint density at radius 3 is 0.264 bits per heavy atom. The van der Waals surface area contributed by atoms with Gasteiger partial charge in [-0.15, -0.1) is 20.5 Å². The Balaban J connectivity index is 0.000000183. The van der Waals surface area contributed by atoms with Gasteiger partial charge in [0.1, 0.15) is 0 Å². The van der Waals surface area contributed by atoms with Gasteiger partial charge in [-0.05, 0) is 0 Å². The molecule has 0 aliphatic carbocycles. The number of hydrogen-bond acceptors (Lipinski definition) is 12. The molecule has 0 aliphatic rings. The van der Waals surface area contributed by atoms with Gasteiger partial charge in [0.2, 0.25) is 0 Å². The van der Waals surface area contributed by atoms with Gasteiger partial charge >= 0.3 is 16.8 Å². The molecule has 0 saturated carbocycles. The van der Waals surface area contributed by atoms with E-state index in [0.717, 1.165) is 63.7 Å². The first-order chi connectivity index (χ1) is 43.3. The molecular formula is C72H60Cl2CoO12P4. The summed E-state index contributed by atoms with van der Waals surface area (Å²) in [6.07, 6.45) is 0. The Morgan fingerprint density at radius 1 is 0.154 bits per heavy atom. The zero-order valence-corrected chi connectivity index (χ0v) is 54.5. The molecule has 12 aromatic rings. The summed E-state index contributed by atoms with van der Waals surface area (Å²) in [5.41, 5.74) is 0. The fraction of sp³-hybridized carbons (Fsp3) is 0. The van der Waals surface area contributed by atoms with Crippen LogP contribution in [-0.2, 0) is 35.0 Å². The normalized spacial score (nSPS) is 11.2. The first kappa shape index (κ1) is 72.4. The van der Waals surface area contributed by atoms with Crippen molar-refractivity contribution in [2.45, 2.75) is 0 Å². The van der Waals surface area contributed by atoms with Crippen molar-refractivity contribution in [1.29, 1.82) is 0 Å². The molecule has 0 N–H and O–H groups in total. The predicted molar refractivity (Wildman–Crippen MR) is 343 cm³/mol. The number of hydrogen-bond donors (Lipinski definition) is 0. The average molecular weight is 1370 g/mol. The van der Waals surface area contributed by atoms with Gasteiger partial charge in [0, 0.05) is 63.7 Å². The largest absolute Gasteiger partial charge is 2.00 e. The van der Waals surface area contributed by atoms with Crippen LogP contribution in [0.1, 0.15) is 0 Å². The van der Waals surface area contributed by atoms with Crippen LogP contribution in [0.3, 0.4) is 0 Å². The molecule has 0 saturated heterocycles. The van der Waals surface area contributed by atoms with Gasteiger partial charge in [0.05, 0.1) is 0 Å². The fourth-order valence-corrected chi connectivity index (χ4v) is 20.1. The summed E-state index contributed by atoms with van der Waals surface area (Å²) >= 11 is 0. The maximum Gasteiger partial charge on any atom is 2.00 e. The first-order valence-electron chi connectivity index (χ1n) is 27.6. The monoisotopic (exact) mass is 1370 g/mol. The molecule has 0 fully saturated rings. The summed E-state index contributed by atoms with van der Waals surface area (Å²) in [5.74, 6) is 0. The van der Waals surface area contributed by atoms with E-state index in [0.29, 0.717) is 0 Å². The van der Waals surface area contributed by atoms with Gasteiger partial charge < -0.3 is 18.3 Å². The third-order valence-corrected chi connectivity index (χ3v) is 25.7. The standard InChI is InChI=1S/4C18H15OP.2ClHO4.Co/c4*19-20(16-10-4-1-5-11-16,17-12-6-2-7-13-17)18-14-8-3-9-15-18;2*2-1(3,4)5;/h4*1-15H;2*(H,2,3,4,5);/q;;;;;;+2/p-2. The SMILES string of the molecule is O=P(c1ccccc1)(c1ccccc1)c1ccccc1.O=P(c1ccccc1)(c1ccccc1)c1ccccc1.O=P(c1ccccc1)(c1ccccc1)c1ccccc1.O=P(c1ccccc1)(c1ccccc1)c1ccccc1.[Co+2].[O-][Cl+3]([O-])([O-])[O-].[O-][Cl+3]([O-])([O-])[O-]. The maximum absolute atomic E-state index is 13.8. The van der Waals surface area contributed by atoms with Gasteiger partial charge in [0.25, 0.3) is 0 Å². The minimum Gasteiger partial charge on any atom is -0.309 e. The number of halogens is 2. The van der Waals surface area contributed by atoms with E-state index in [1.807, 2.05) is 364 Å². The molecule has 12 rings (SSSR count). The third kappa shape index (κ3) is 20.7. The summed E-state index contributed by atoms with van der Waals surface area (Å²) in [6, 6.07) is 117. The maximum atomic E-state index is 13.8. The van der Waals surface area contributed by atoms with E-state index >= 15 is 0 Å². The minimum atomic E-state index is -4.94. The molecule has 0 heterocycles. The third-order valence-electron chi connectivity index (χ3n) is 13.4. The minimum absolute atomic E-state index is 0. The van der Waals surface area contributed by atoms with E-state index in [-0.39, 0.29) is 16.8 Å². The van der Waals surface area contributed by atoms with Crippen molar-refractivity contribution in [1.82, 2.24) is 0 Å². The van der Waals surface area contributed by atoms with Gasteiger partial charge in [-0.1, -0.05) is 364 Å². The molecule has 91 heavy (non-hydrogen) atoms. The molecule has 0 aliphatic heterocycles. The molecule has 12 nitrogen and oxygen atoms in total. The van der Waals surface area contributed by atoms with Crippen LogP contribution in [0.15, 0.2) is 364 Å². The first-order valence-corrected chi connectivity index (χ1v) is 36.9. The average Bonchev–Trinajstić information content (AvgIpc) is 0.877. The van der Waals surface area contributed by atoms with Crippen molar-refractivity contribution in [2.75, 3.05) is 0 Å². The van der Waals surface area contributed by atoms with Crippen LogP contribution in [0, 0.1) is 20.5 Å². The van der Waals surface area contributed by atoms with E-state index in [4.69, 9.17) is 37.3 Å². The van der Waals surface area contributed by atoms with E-state index in [9.17, 15) is 18.3 Å². The smallest absolute Gasteiger partial charge is 0.309 e. The molecule has 0 spiro atoms. The van der Waals surface area contributed by atoms with Crippen LogP contribution in [0.25, 0.3) is 0 Å². The van der Waals surface area contributed by atoms with Gasteiger partial charge in [-0.2, -0.15) is 0 Å². The second-order valence-electron chi connectivity index (χ2n) is 19.2. The number of benzene rings is 12. The molecule has 19 heteroatoms. The molecule has 0 aromatic heterocycles. The van der Waals surface area contributed by atoms with Crippen molar-refractivity contribution in [3.63, 3.8) is 0 Å². The van der Waals surface area contributed by atoms with Crippen LogP contribution in [0.5, 0.6) is 0 Å². The van der Waals surface area contributed by atoms with Crippen LogP contribution in [0.4, 0.5) is 0 Å². The second-order valence-corrected chi connectivity index (χ2v) is 31.8. The summed E-state index contributed by atoms with van der Waals surface area (Å²) in [5, 5.41) is 10.5. The molecule has 0 amide bonds.